The summed E-state index contributed by atoms with van der Waals surface area (Å²) in [7, 11) is 5.47. The first-order valence-corrected chi connectivity index (χ1v) is 12.6. The zero-order chi connectivity index (χ0) is 26.7. The Balaban J connectivity index is 1.56. The number of nitrogens with two attached hydrogens (primary N) is 1. The first-order chi connectivity index (χ1) is 17.6. The van der Waals surface area contributed by atoms with Crippen molar-refractivity contribution in [1.82, 2.24) is 25.1 Å². The van der Waals surface area contributed by atoms with Gasteiger partial charge in [-0.15, -0.1) is 0 Å². The molecule has 2 aliphatic rings. The average molecular weight is 514 g/mol. The molecule has 0 aliphatic carbocycles. The van der Waals surface area contributed by atoms with Gasteiger partial charge in [-0.1, -0.05) is 0 Å². The standard InChI is InChI=1S/C25H36FN9O2/c1-16-19(30-25(37)32(2)3)6-5-9-35(16)21-15-28-22(23(27)36)24(31-21)29-20-8-7-17(14-18(20)26)34-12-10-33(4)11-13-34/h7-8,14-16,19H,5-6,9-13H2,1-4H3,(H2,27,36)(H,29,31)(H,30,37)/t16-,19-/m1/s1. The zero-order valence-electron chi connectivity index (χ0n) is 21.9. The summed E-state index contributed by atoms with van der Waals surface area (Å²) in [5.74, 6) is -0.628. The summed E-state index contributed by atoms with van der Waals surface area (Å²) in [6.07, 6.45) is 3.16. The molecule has 0 saturated carbocycles. The van der Waals surface area contributed by atoms with Crippen molar-refractivity contribution in [3.8, 4) is 0 Å². The van der Waals surface area contributed by atoms with Gasteiger partial charge < -0.3 is 36.0 Å². The SMILES string of the molecule is C[C@@H]1[C@H](NC(=O)N(C)C)CCCN1c1cnc(C(N)=O)c(Nc2ccc(N3CCN(C)CC3)cc2F)n1. The number of carbonyl (C=O) groups excluding carboxylic acids is 2. The number of halogens is 1. The lowest BCUT2D eigenvalue weighted by molar-refractivity contribution is 0.0996. The Kier molecular flexibility index (Phi) is 7.96. The number of aromatic nitrogens is 2. The van der Waals surface area contributed by atoms with Gasteiger partial charge in [-0.25, -0.2) is 19.2 Å². The van der Waals surface area contributed by atoms with Crippen molar-refractivity contribution in [2.75, 3.05) is 69.0 Å². The second-order valence-corrected chi connectivity index (χ2v) is 9.90. The first kappa shape index (κ1) is 26.4. The monoisotopic (exact) mass is 513 g/mol. The van der Waals surface area contributed by atoms with Gasteiger partial charge in [0.2, 0.25) is 0 Å². The summed E-state index contributed by atoms with van der Waals surface area (Å²) in [6, 6.07) is 4.66. The van der Waals surface area contributed by atoms with Gasteiger partial charge in [0.25, 0.3) is 5.91 Å². The minimum Gasteiger partial charge on any atom is -0.369 e. The molecule has 4 rings (SSSR count). The Morgan fingerprint density at radius 1 is 1.16 bits per heavy atom. The Bertz CT molecular complexity index is 1140. The number of benzene rings is 1. The van der Waals surface area contributed by atoms with Gasteiger partial charge in [0.15, 0.2) is 11.5 Å². The van der Waals surface area contributed by atoms with E-state index in [1.807, 2.05) is 17.9 Å². The number of likely N-dealkylation sites (N-methyl/N-ethyl adjacent to an activating group) is 1. The molecule has 3 amide bonds. The van der Waals surface area contributed by atoms with Crippen LogP contribution in [0.3, 0.4) is 0 Å². The number of nitrogens with one attached hydrogen (secondary N) is 2. The molecular weight excluding hydrogens is 477 g/mol. The third-order valence-corrected chi connectivity index (χ3v) is 7.06. The van der Waals surface area contributed by atoms with Crippen molar-refractivity contribution in [3.05, 3.63) is 35.9 Å². The number of piperazine rings is 1. The smallest absolute Gasteiger partial charge is 0.317 e. The molecule has 2 saturated heterocycles. The molecule has 0 spiro atoms. The molecule has 0 unspecified atom stereocenters. The van der Waals surface area contributed by atoms with E-state index >= 15 is 4.39 Å². The fourth-order valence-corrected chi connectivity index (χ4v) is 4.73. The molecule has 0 bridgehead atoms. The molecule has 12 heteroatoms. The fraction of sp³-hybridized carbons (Fsp3) is 0.520. The molecule has 1 aromatic carbocycles. The molecule has 2 atom stereocenters. The van der Waals surface area contributed by atoms with Crippen molar-refractivity contribution < 1.29 is 14.0 Å². The summed E-state index contributed by atoms with van der Waals surface area (Å²) in [5.41, 5.74) is 6.45. The minimum atomic E-state index is -0.765. The van der Waals surface area contributed by atoms with Crippen LogP contribution in [0, 0.1) is 5.82 Å². The topological polar surface area (TPSA) is 123 Å². The molecule has 37 heavy (non-hydrogen) atoms. The van der Waals surface area contributed by atoms with Crippen LogP contribution in [-0.2, 0) is 0 Å². The van der Waals surface area contributed by atoms with Gasteiger partial charge in [0.1, 0.15) is 11.6 Å². The Hall–Kier alpha value is -3.67. The molecular formula is C25H36FN9O2. The second-order valence-electron chi connectivity index (χ2n) is 9.90. The van der Waals surface area contributed by atoms with Crippen LogP contribution >= 0.6 is 0 Å². The number of rotatable bonds is 6. The highest BCUT2D eigenvalue weighted by Crippen LogP contribution is 2.29. The van der Waals surface area contributed by atoms with E-state index in [2.05, 4.69) is 37.4 Å². The maximum absolute atomic E-state index is 15.1. The highest BCUT2D eigenvalue weighted by atomic mass is 19.1. The lowest BCUT2D eigenvalue weighted by atomic mass is 9.97. The predicted molar refractivity (Wildman–Crippen MR) is 142 cm³/mol. The average Bonchev–Trinajstić information content (AvgIpc) is 2.86. The van der Waals surface area contributed by atoms with E-state index in [0.29, 0.717) is 12.4 Å². The van der Waals surface area contributed by atoms with E-state index in [1.54, 1.807) is 20.2 Å². The third kappa shape index (κ3) is 6.01. The Labute approximate surface area is 216 Å². The van der Waals surface area contributed by atoms with Gasteiger partial charge in [-0.3, -0.25) is 4.79 Å². The van der Waals surface area contributed by atoms with E-state index < -0.39 is 11.7 Å². The van der Waals surface area contributed by atoms with Crippen LogP contribution in [0.5, 0.6) is 0 Å². The maximum Gasteiger partial charge on any atom is 0.317 e. The fourth-order valence-electron chi connectivity index (χ4n) is 4.73. The van der Waals surface area contributed by atoms with Crippen LogP contribution in [0.4, 0.5) is 32.2 Å². The van der Waals surface area contributed by atoms with Gasteiger partial charge >= 0.3 is 6.03 Å². The van der Waals surface area contributed by atoms with Crippen LogP contribution < -0.4 is 26.2 Å². The Morgan fingerprint density at radius 2 is 1.89 bits per heavy atom. The van der Waals surface area contributed by atoms with Gasteiger partial charge in [-0.05, 0) is 45.0 Å². The summed E-state index contributed by atoms with van der Waals surface area (Å²) in [4.78, 5) is 41.1. The van der Waals surface area contributed by atoms with Crippen LogP contribution in [0.2, 0.25) is 0 Å². The van der Waals surface area contributed by atoms with E-state index in [1.165, 1.54) is 17.2 Å². The first-order valence-electron chi connectivity index (χ1n) is 12.6. The number of carbonyl (C=O) groups is 2. The third-order valence-electron chi connectivity index (χ3n) is 7.06. The number of hydrogen-bond acceptors (Lipinski definition) is 8. The molecule has 2 aliphatic heterocycles. The molecule has 0 radical (unpaired) electrons. The maximum atomic E-state index is 15.1. The molecule has 2 aromatic rings. The molecule has 4 N–H and O–H groups in total. The number of urea groups is 1. The Morgan fingerprint density at radius 3 is 2.54 bits per heavy atom. The summed E-state index contributed by atoms with van der Waals surface area (Å²) in [6.45, 7) is 6.19. The van der Waals surface area contributed by atoms with Crippen molar-refractivity contribution in [2.45, 2.75) is 31.8 Å². The molecule has 11 nitrogen and oxygen atoms in total. The minimum absolute atomic E-state index is 0.0705. The quantitative estimate of drug-likeness (QED) is 0.535. The van der Waals surface area contributed by atoms with Crippen LogP contribution in [0.1, 0.15) is 30.3 Å². The number of nitrogens with zero attached hydrogens (tertiary/aromatic N) is 6. The highest BCUT2D eigenvalue weighted by molar-refractivity contribution is 5.96. The normalized spacial score (nSPS) is 20.5. The van der Waals surface area contributed by atoms with E-state index in [-0.39, 0.29) is 35.3 Å². The summed E-state index contributed by atoms with van der Waals surface area (Å²) < 4.78 is 15.1. The highest BCUT2D eigenvalue weighted by Gasteiger charge is 2.31. The van der Waals surface area contributed by atoms with Crippen molar-refractivity contribution in [1.29, 1.82) is 0 Å². The number of piperidine rings is 1. The van der Waals surface area contributed by atoms with E-state index in [4.69, 9.17) is 5.73 Å². The van der Waals surface area contributed by atoms with E-state index in [9.17, 15) is 9.59 Å². The van der Waals surface area contributed by atoms with Crippen molar-refractivity contribution >= 4 is 34.9 Å². The van der Waals surface area contributed by atoms with Gasteiger partial charge in [-0.2, -0.15) is 0 Å². The van der Waals surface area contributed by atoms with E-state index in [0.717, 1.165) is 44.7 Å². The molecule has 1 aromatic heterocycles. The number of amides is 3. The lowest BCUT2D eigenvalue weighted by Crippen LogP contribution is -2.56. The van der Waals surface area contributed by atoms with Gasteiger partial charge in [0.05, 0.1) is 17.9 Å². The number of anilines is 4. The lowest BCUT2D eigenvalue weighted by Gasteiger charge is -2.40. The predicted octanol–water partition coefficient (Wildman–Crippen LogP) is 1.84. The van der Waals surface area contributed by atoms with Crippen LogP contribution in [-0.4, -0.2) is 97.7 Å². The number of hydrogen-bond donors (Lipinski definition) is 3. The van der Waals surface area contributed by atoms with Crippen molar-refractivity contribution in [2.24, 2.45) is 5.73 Å². The van der Waals surface area contributed by atoms with Crippen LogP contribution in [0.25, 0.3) is 0 Å². The molecule has 200 valence electrons. The van der Waals surface area contributed by atoms with Crippen molar-refractivity contribution in [3.63, 3.8) is 0 Å². The van der Waals surface area contributed by atoms with Gasteiger partial charge in [0, 0.05) is 58.5 Å². The summed E-state index contributed by atoms with van der Waals surface area (Å²) >= 11 is 0. The molecule has 3 heterocycles. The summed E-state index contributed by atoms with van der Waals surface area (Å²) in [5, 5.41) is 5.98. The second kappa shape index (κ2) is 11.2. The van der Waals surface area contributed by atoms with Crippen LogP contribution in [0.15, 0.2) is 24.4 Å². The molecule has 2 fully saturated rings. The largest absolute Gasteiger partial charge is 0.369 e. The zero-order valence-corrected chi connectivity index (χ0v) is 21.9. The number of primary amides is 1.